The number of hydrogen-bond acceptors (Lipinski definition) is 7. The summed E-state index contributed by atoms with van der Waals surface area (Å²) in [4.78, 5) is 21.4. The average molecular weight is 470 g/mol. The number of methoxy groups -OCH3 is 1. The molecule has 1 N–H and O–H groups in total. The van der Waals surface area contributed by atoms with E-state index in [1.54, 1.807) is 40.9 Å². The molecule has 3 aliphatic heterocycles. The highest BCUT2D eigenvalue weighted by Gasteiger charge is 2.32. The largest absolute Gasteiger partial charge is 0.504 e. The predicted molar refractivity (Wildman–Crippen MR) is 128 cm³/mol. The maximum atomic E-state index is 13.1. The van der Waals surface area contributed by atoms with Crippen molar-refractivity contribution >= 4 is 51.9 Å². The van der Waals surface area contributed by atoms with Gasteiger partial charge in [0.2, 0.25) is 0 Å². The summed E-state index contributed by atoms with van der Waals surface area (Å²) in [5.41, 5.74) is 3.23. The van der Waals surface area contributed by atoms with Crippen LogP contribution in [0.4, 0.5) is 5.69 Å². The first-order chi connectivity index (χ1) is 15.5. The normalized spacial score (nSPS) is 17.1. The van der Waals surface area contributed by atoms with Gasteiger partial charge in [-0.1, -0.05) is 29.4 Å². The van der Waals surface area contributed by atoms with Crippen LogP contribution in [-0.4, -0.2) is 54.4 Å². The van der Waals surface area contributed by atoms with Crippen molar-refractivity contribution in [3.63, 3.8) is 0 Å². The predicted octanol–water partition coefficient (Wildman–Crippen LogP) is 4.21. The van der Waals surface area contributed by atoms with E-state index in [4.69, 9.17) is 21.1 Å². The van der Waals surface area contributed by atoms with Crippen LogP contribution < -0.4 is 14.4 Å². The quantitative estimate of drug-likeness (QED) is 0.676. The van der Waals surface area contributed by atoms with Crippen molar-refractivity contribution in [3.05, 3.63) is 58.0 Å². The van der Waals surface area contributed by atoms with E-state index in [1.165, 1.54) is 19.3 Å². The second-order valence-electron chi connectivity index (χ2n) is 7.34. The van der Waals surface area contributed by atoms with Crippen LogP contribution in [0.5, 0.6) is 17.2 Å². The van der Waals surface area contributed by atoms with E-state index in [9.17, 15) is 9.90 Å². The van der Waals surface area contributed by atoms with Crippen molar-refractivity contribution in [1.82, 2.24) is 4.90 Å². The van der Waals surface area contributed by atoms with Gasteiger partial charge in [-0.3, -0.25) is 9.79 Å². The van der Waals surface area contributed by atoms with Gasteiger partial charge in [0.1, 0.15) is 6.61 Å². The summed E-state index contributed by atoms with van der Waals surface area (Å²) in [7, 11) is 1.48. The molecule has 2 aromatic rings. The fourth-order valence-corrected chi connectivity index (χ4v) is 5.06. The Morgan fingerprint density at radius 3 is 3.03 bits per heavy atom. The van der Waals surface area contributed by atoms with Gasteiger partial charge in [0.05, 0.1) is 31.6 Å². The lowest BCUT2D eigenvalue weighted by atomic mass is 10.1. The monoisotopic (exact) mass is 469 g/mol. The number of hydrogen-bond donors (Lipinski definition) is 1. The van der Waals surface area contributed by atoms with Gasteiger partial charge in [-0.05, 0) is 35.9 Å². The van der Waals surface area contributed by atoms with Crippen LogP contribution in [0.2, 0.25) is 5.02 Å². The fourth-order valence-electron chi connectivity index (χ4n) is 3.90. The van der Waals surface area contributed by atoms with Gasteiger partial charge in [-0.2, -0.15) is 0 Å². The molecular formula is C23H20ClN3O4S. The summed E-state index contributed by atoms with van der Waals surface area (Å²) >= 11 is 8.05. The molecule has 32 heavy (non-hydrogen) atoms. The van der Waals surface area contributed by atoms with E-state index >= 15 is 0 Å². The van der Waals surface area contributed by atoms with Crippen LogP contribution in [0.3, 0.4) is 0 Å². The number of nitrogens with zero attached hydrogens (tertiary/aromatic N) is 3. The van der Waals surface area contributed by atoms with E-state index in [0.717, 1.165) is 35.1 Å². The first kappa shape index (κ1) is 20.8. The Bertz CT molecular complexity index is 1190. The molecule has 2 aromatic carbocycles. The van der Waals surface area contributed by atoms with Crippen LogP contribution in [-0.2, 0) is 4.79 Å². The highest BCUT2D eigenvalue weighted by molar-refractivity contribution is 8.16. The van der Waals surface area contributed by atoms with E-state index in [2.05, 4.69) is 9.89 Å². The Morgan fingerprint density at radius 1 is 1.31 bits per heavy atom. The number of phenols is 1. The number of carbonyl (C=O) groups excluding carboxylic acids is 1. The zero-order chi connectivity index (χ0) is 22.2. The summed E-state index contributed by atoms with van der Waals surface area (Å²) in [5, 5.41) is 13.3. The number of fused-ring (bicyclic) bond motifs is 2. The molecule has 164 valence electrons. The molecule has 7 nitrogen and oxygen atoms in total. The van der Waals surface area contributed by atoms with Gasteiger partial charge >= 0.3 is 0 Å². The molecule has 0 radical (unpaired) electrons. The molecule has 0 bridgehead atoms. The Morgan fingerprint density at radius 2 is 2.19 bits per heavy atom. The number of aliphatic imine (C=N–C) groups is 1. The van der Waals surface area contributed by atoms with Crippen molar-refractivity contribution in [2.45, 2.75) is 0 Å². The van der Waals surface area contributed by atoms with E-state index in [1.807, 2.05) is 11.5 Å². The maximum absolute atomic E-state index is 13.1. The Labute approximate surface area is 194 Å². The fraction of sp³-hybridized carbons (Fsp3) is 0.217. The molecule has 0 aliphatic carbocycles. The highest BCUT2D eigenvalue weighted by Crippen LogP contribution is 2.45. The van der Waals surface area contributed by atoms with E-state index in [0.29, 0.717) is 35.4 Å². The number of anilines is 1. The van der Waals surface area contributed by atoms with E-state index < -0.39 is 0 Å². The lowest BCUT2D eigenvalue weighted by Crippen LogP contribution is -2.37. The first-order valence-corrected chi connectivity index (χ1v) is 11.3. The minimum absolute atomic E-state index is 0.0471. The number of benzene rings is 2. The molecule has 0 saturated carbocycles. The summed E-state index contributed by atoms with van der Waals surface area (Å²) < 4.78 is 11.1. The molecule has 0 saturated heterocycles. The van der Waals surface area contributed by atoms with Gasteiger partial charge in [0, 0.05) is 28.6 Å². The molecule has 1 amide bonds. The van der Waals surface area contributed by atoms with Gasteiger partial charge in [0.15, 0.2) is 22.4 Å². The van der Waals surface area contributed by atoms with Crippen LogP contribution in [0.1, 0.15) is 11.1 Å². The topological polar surface area (TPSA) is 74.6 Å². The molecule has 0 atom stereocenters. The first-order valence-electron chi connectivity index (χ1n) is 10.1. The van der Waals surface area contributed by atoms with Crippen molar-refractivity contribution in [2.24, 2.45) is 4.99 Å². The van der Waals surface area contributed by atoms with Crippen molar-refractivity contribution in [2.75, 3.05) is 38.3 Å². The summed E-state index contributed by atoms with van der Waals surface area (Å²) in [6.07, 6.45) is 3.19. The third-order valence-electron chi connectivity index (χ3n) is 5.42. The third-order valence-corrected chi connectivity index (χ3v) is 6.54. The minimum Gasteiger partial charge on any atom is -0.504 e. The van der Waals surface area contributed by atoms with Crippen molar-refractivity contribution in [1.29, 1.82) is 0 Å². The lowest BCUT2D eigenvalue weighted by Gasteiger charge is -2.31. The van der Waals surface area contributed by atoms with Crippen molar-refractivity contribution in [3.8, 4) is 17.2 Å². The van der Waals surface area contributed by atoms with Gasteiger partial charge in [-0.15, -0.1) is 0 Å². The smallest absolute Gasteiger partial charge is 0.251 e. The van der Waals surface area contributed by atoms with Crippen LogP contribution in [0, 0.1) is 0 Å². The third kappa shape index (κ3) is 3.69. The van der Waals surface area contributed by atoms with Gasteiger partial charge < -0.3 is 24.4 Å². The molecule has 3 aliphatic rings. The number of amides is 1. The Balaban J connectivity index is 1.45. The molecule has 0 fully saturated rings. The number of phenolic OH excluding ortho intramolecular Hbond substituents is 1. The molecular weight excluding hydrogens is 450 g/mol. The molecule has 0 aromatic heterocycles. The van der Waals surface area contributed by atoms with Crippen LogP contribution in [0.25, 0.3) is 11.8 Å². The lowest BCUT2D eigenvalue weighted by molar-refractivity contribution is -0.114. The summed E-state index contributed by atoms with van der Waals surface area (Å²) in [5.74, 6) is 0.854. The number of aromatic hydroxyl groups is 1. The second kappa shape index (κ2) is 8.44. The summed E-state index contributed by atoms with van der Waals surface area (Å²) in [6, 6.07) is 8.55. The van der Waals surface area contributed by atoms with Crippen molar-refractivity contribution < 1.29 is 19.4 Å². The van der Waals surface area contributed by atoms with Gasteiger partial charge in [0.25, 0.3) is 5.91 Å². The molecule has 5 rings (SSSR count). The minimum atomic E-state index is -0.187. The van der Waals surface area contributed by atoms with Gasteiger partial charge in [-0.25, -0.2) is 0 Å². The number of ether oxygens (including phenoxy) is 2. The molecule has 0 unspecified atom stereocenters. The maximum Gasteiger partial charge on any atom is 0.251 e. The number of thioether (sulfide) groups is 1. The number of carbonyl (C=O) groups is 1. The Kier molecular flexibility index (Phi) is 5.48. The molecule has 0 spiro atoms. The molecule has 9 heteroatoms. The highest BCUT2D eigenvalue weighted by atomic mass is 35.5. The number of rotatable bonds is 4. The second-order valence-corrected chi connectivity index (χ2v) is 8.61. The van der Waals surface area contributed by atoms with Crippen LogP contribution >= 0.6 is 23.4 Å². The Hall–Kier alpha value is -3.10. The van der Waals surface area contributed by atoms with E-state index in [-0.39, 0.29) is 11.7 Å². The number of halogens is 1. The number of amidine groups is 1. The zero-order valence-corrected chi connectivity index (χ0v) is 18.8. The average Bonchev–Trinajstić information content (AvgIpc) is 3.41. The molecule has 3 heterocycles. The standard InChI is InChI=1S/C23H20ClN3O4S/c1-30-20-10-14(2-4-19(20)28)3-5-21(29)26-8-9-31-22-16(11-15(24)12-17(22)26)18-13-32-23-25-6-7-27(18)23/h2-5,10-13,28H,6-9H2,1H3/b5-3+. The zero-order valence-electron chi connectivity index (χ0n) is 17.2. The summed E-state index contributed by atoms with van der Waals surface area (Å²) in [6.45, 7) is 2.38. The SMILES string of the molecule is COc1cc(/C=C/C(=O)N2CCOc3c(C4=CSC5=NCCN45)cc(Cl)cc32)ccc1O. The van der Waals surface area contributed by atoms with Crippen LogP contribution in [0.15, 0.2) is 46.8 Å².